The Morgan fingerprint density at radius 2 is 1.44 bits per heavy atom. The zero-order valence-corrected chi connectivity index (χ0v) is 12.2. The quantitative estimate of drug-likeness (QED) is 0.697. The number of aromatic nitrogens is 2. The van der Waals surface area contributed by atoms with E-state index in [1.165, 1.54) is 16.7 Å². The van der Waals surface area contributed by atoms with Crippen molar-refractivity contribution in [2.24, 2.45) is 0 Å². The summed E-state index contributed by atoms with van der Waals surface area (Å²) >= 11 is 0. The van der Waals surface area contributed by atoms with Crippen LogP contribution in [0.5, 0.6) is 0 Å². The molecule has 18 heavy (non-hydrogen) atoms. The normalized spacial score (nSPS) is 9.67. The van der Waals surface area contributed by atoms with Crippen LogP contribution >= 0.6 is 0 Å². The van der Waals surface area contributed by atoms with E-state index in [0.717, 1.165) is 17.1 Å². The molecule has 0 saturated carbocycles. The molecule has 2 nitrogen and oxygen atoms in total. The molecule has 0 atom stereocenters. The second-order valence-corrected chi connectivity index (χ2v) is 4.77. The maximum atomic E-state index is 4.27. The molecule has 2 heteroatoms. The Labute approximate surface area is 110 Å². The fourth-order valence-electron chi connectivity index (χ4n) is 1.54. The van der Waals surface area contributed by atoms with Gasteiger partial charge in [0.05, 0.1) is 0 Å². The van der Waals surface area contributed by atoms with Crippen LogP contribution in [0.25, 0.3) is 0 Å². The van der Waals surface area contributed by atoms with Crippen molar-refractivity contribution in [1.29, 1.82) is 0 Å². The first-order valence-electron chi connectivity index (χ1n) is 6.21. The first kappa shape index (κ1) is 14.4. The average molecular weight is 242 g/mol. The van der Waals surface area contributed by atoms with Crippen molar-refractivity contribution in [2.45, 2.75) is 41.5 Å². The smallest absolute Gasteiger partial charge is 0.0404 e. The standard InChI is InChI=1S/2C8H11N/c1-6-4-7(2)8(3)9-5-6;1-6-4-5-7(2)9-8(6)3/h2*4-5H,1-3H3. The topological polar surface area (TPSA) is 25.8 Å². The summed E-state index contributed by atoms with van der Waals surface area (Å²) < 4.78 is 0. The SMILES string of the molecule is Cc1ccc(C)c(C)n1.Cc1cnc(C)c(C)c1. The van der Waals surface area contributed by atoms with E-state index in [9.17, 15) is 0 Å². The van der Waals surface area contributed by atoms with Gasteiger partial charge < -0.3 is 0 Å². The predicted molar refractivity (Wildman–Crippen MR) is 76.9 cm³/mol. The van der Waals surface area contributed by atoms with E-state index in [0.29, 0.717) is 0 Å². The summed E-state index contributed by atoms with van der Waals surface area (Å²) in [5.74, 6) is 0. The van der Waals surface area contributed by atoms with E-state index < -0.39 is 0 Å². The Morgan fingerprint density at radius 1 is 0.778 bits per heavy atom. The van der Waals surface area contributed by atoms with Crippen molar-refractivity contribution < 1.29 is 0 Å². The van der Waals surface area contributed by atoms with Crippen molar-refractivity contribution in [3.8, 4) is 0 Å². The van der Waals surface area contributed by atoms with Crippen molar-refractivity contribution in [3.63, 3.8) is 0 Å². The van der Waals surface area contributed by atoms with Crippen LogP contribution in [-0.2, 0) is 0 Å². The molecule has 0 saturated heterocycles. The van der Waals surface area contributed by atoms with Crippen LogP contribution in [0, 0.1) is 41.5 Å². The van der Waals surface area contributed by atoms with Crippen LogP contribution < -0.4 is 0 Å². The molecule has 0 radical (unpaired) electrons. The number of rotatable bonds is 0. The third-order valence-corrected chi connectivity index (χ3v) is 2.97. The molecule has 96 valence electrons. The summed E-state index contributed by atoms with van der Waals surface area (Å²) in [6, 6.07) is 6.27. The van der Waals surface area contributed by atoms with Gasteiger partial charge in [-0.2, -0.15) is 0 Å². The van der Waals surface area contributed by atoms with Crippen LogP contribution in [-0.4, -0.2) is 9.97 Å². The van der Waals surface area contributed by atoms with Crippen LogP contribution in [0.15, 0.2) is 24.4 Å². The van der Waals surface area contributed by atoms with Gasteiger partial charge in [0.25, 0.3) is 0 Å². The third kappa shape index (κ3) is 4.28. The van der Waals surface area contributed by atoms with Gasteiger partial charge in [0.15, 0.2) is 0 Å². The first-order chi connectivity index (χ1) is 8.40. The summed E-state index contributed by atoms with van der Waals surface area (Å²) in [5.41, 5.74) is 7.13. The van der Waals surface area contributed by atoms with E-state index in [-0.39, 0.29) is 0 Å². The van der Waals surface area contributed by atoms with E-state index in [1.807, 2.05) is 33.0 Å². The van der Waals surface area contributed by atoms with Crippen LogP contribution in [0.3, 0.4) is 0 Å². The highest BCUT2D eigenvalue weighted by atomic mass is 14.7. The fourth-order valence-corrected chi connectivity index (χ4v) is 1.54. The van der Waals surface area contributed by atoms with Crippen LogP contribution in [0.4, 0.5) is 0 Å². The summed E-state index contributed by atoms with van der Waals surface area (Å²) in [4.78, 5) is 8.45. The Balaban J connectivity index is 0.000000180. The molecule has 0 aliphatic carbocycles. The minimum atomic E-state index is 1.10. The molecule has 0 fully saturated rings. The molecule has 0 aliphatic rings. The van der Waals surface area contributed by atoms with Gasteiger partial charge in [-0.25, -0.2) is 0 Å². The van der Waals surface area contributed by atoms with Crippen LogP contribution in [0.2, 0.25) is 0 Å². The van der Waals surface area contributed by atoms with Gasteiger partial charge in [0.2, 0.25) is 0 Å². The minimum Gasteiger partial charge on any atom is -0.261 e. The molecule has 2 aromatic heterocycles. The molecule has 0 unspecified atom stereocenters. The lowest BCUT2D eigenvalue weighted by Crippen LogP contribution is -1.87. The van der Waals surface area contributed by atoms with E-state index in [4.69, 9.17) is 0 Å². The van der Waals surface area contributed by atoms with Gasteiger partial charge in [-0.15, -0.1) is 0 Å². The monoisotopic (exact) mass is 242 g/mol. The number of nitrogens with zero attached hydrogens (tertiary/aromatic N) is 2. The fraction of sp³-hybridized carbons (Fsp3) is 0.375. The first-order valence-corrected chi connectivity index (χ1v) is 6.21. The molecular formula is C16H22N2. The highest BCUT2D eigenvalue weighted by Gasteiger charge is 1.91. The molecule has 2 heterocycles. The number of aryl methyl sites for hydroxylation is 6. The van der Waals surface area contributed by atoms with Gasteiger partial charge in [0, 0.05) is 23.3 Å². The molecule has 0 amide bonds. The molecule has 2 aromatic rings. The van der Waals surface area contributed by atoms with E-state index >= 15 is 0 Å². The minimum absolute atomic E-state index is 1.10. The van der Waals surface area contributed by atoms with Gasteiger partial charge >= 0.3 is 0 Å². The average Bonchev–Trinajstić information content (AvgIpc) is 2.30. The third-order valence-electron chi connectivity index (χ3n) is 2.97. The zero-order valence-electron chi connectivity index (χ0n) is 12.2. The van der Waals surface area contributed by atoms with Crippen molar-refractivity contribution >= 4 is 0 Å². The van der Waals surface area contributed by atoms with E-state index in [1.54, 1.807) is 0 Å². The molecule has 0 spiro atoms. The lowest BCUT2D eigenvalue weighted by atomic mass is 10.2. The predicted octanol–water partition coefficient (Wildman–Crippen LogP) is 4.01. The Morgan fingerprint density at radius 3 is 1.89 bits per heavy atom. The highest BCUT2D eigenvalue weighted by Crippen LogP contribution is 2.04. The molecule has 0 bridgehead atoms. The Hall–Kier alpha value is -1.70. The second kappa shape index (κ2) is 6.29. The number of pyridine rings is 2. The van der Waals surface area contributed by atoms with Crippen molar-refractivity contribution in [3.05, 3.63) is 58.2 Å². The molecular weight excluding hydrogens is 220 g/mol. The lowest BCUT2D eigenvalue weighted by Gasteiger charge is -1.97. The highest BCUT2D eigenvalue weighted by molar-refractivity contribution is 5.21. The summed E-state index contributed by atoms with van der Waals surface area (Å²) in [6.07, 6.45) is 1.89. The molecule has 0 aliphatic heterocycles. The van der Waals surface area contributed by atoms with Gasteiger partial charge in [-0.1, -0.05) is 12.1 Å². The number of hydrogen-bond donors (Lipinski definition) is 0. The number of hydrogen-bond acceptors (Lipinski definition) is 2. The maximum Gasteiger partial charge on any atom is 0.0404 e. The summed E-state index contributed by atoms with van der Waals surface area (Å²) in [5, 5.41) is 0. The molecule has 2 rings (SSSR count). The van der Waals surface area contributed by atoms with Gasteiger partial charge in [-0.3, -0.25) is 9.97 Å². The van der Waals surface area contributed by atoms with Crippen molar-refractivity contribution in [1.82, 2.24) is 9.97 Å². The van der Waals surface area contributed by atoms with Crippen LogP contribution in [0.1, 0.15) is 33.8 Å². The zero-order chi connectivity index (χ0) is 13.7. The van der Waals surface area contributed by atoms with Gasteiger partial charge in [-0.05, 0) is 64.3 Å². The summed E-state index contributed by atoms with van der Waals surface area (Å²) in [6.45, 7) is 12.3. The second-order valence-electron chi connectivity index (χ2n) is 4.77. The molecule has 0 aromatic carbocycles. The van der Waals surface area contributed by atoms with E-state index in [2.05, 4.69) is 42.9 Å². The Kier molecular flexibility index (Phi) is 5.02. The summed E-state index contributed by atoms with van der Waals surface area (Å²) in [7, 11) is 0. The van der Waals surface area contributed by atoms with Crippen molar-refractivity contribution in [2.75, 3.05) is 0 Å². The lowest BCUT2D eigenvalue weighted by molar-refractivity contribution is 1.09. The van der Waals surface area contributed by atoms with Gasteiger partial charge in [0.1, 0.15) is 0 Å². The maximum absolute atomic E-state index is 4.27. The molecule has 0 N–H and O–H groups in total. The Bertz CT molecular complexity index is 481. The largest absolute Gasteiger partial charge is 0.261 e.